The molecule has 0 spiro atoms. The summed E-state index contributed by atoms with van der Waals surface area (Å²) in [4.78, 5) is 12.1. The fourth-order valence-corrected chi connectivity index (χ4v) is 2.38. The summed E-state index contributed by atoms with van der Waals surface area (Å²) in [6.07, 6.45) is 0. The van der Waals surface area contributed by atoms with Gasteiger partial charge in [-0.05, 0) is 31.7 Å². The third kappa shape index (κ3) is 2.91. The SMILES string of the molecule is CNC1COCC1C(=O)Nc1ccc(C)c(Br)c1. The monoisotopic (exact) mass is 312 g/mol. The first-order valence-corrected chi connectivity index (χ1v) is 6.73. The second-order valence-corrected chi connectivity index (χ2v) is 5.35. The molecule has 2 unspecified atom stereocenters. The van der Waals surface area contributed by atoms with Crippen LogP contribution in [0.1, 0.15) is 5.56 Å². The van der Waals surface area contributed by atoms with Gasteiger partial charge >= 0.3 is 0 Å². The number of rotatable bonds is 3. The summed E-state index contributed by atoms with van der Waals surface area (Å²) < 4.78 is 6.32. The highest BCUT2D eigenvalue weighted by Crippen LogP contribution is 2.22. The Morgan fingerprint density at radius 1 is 1.44 bits per heavy atom. The lowest BCUT2D eigenvalue weighted by atomic mass is 10.0. The number of benzene rings is 1. The predicted molar refractivity (Wildman–Crippen MR) is 74.7 cm³/mol. The average Bonchev–Trinajstić information content (AvgIpc) is 2.82. The highest BCUT2D eigenvalue weighted by molar-refractivity contribution is 9.10. The molecule has 1 aliphatic heterocycles. The highest BCUT2D eigenvalue weighted by Gasteiger charge is 2.32. The van der Waals surface area contributed by atoms with Crippen molar-refractivity contribution < 1.29 is 9.53 Å². The molecule has 4 nitrogen and oxygen atoms in total. The van der Waals surface area contributed by atoms with Gasteiger partial charge < -0.3 is 15.4 Å². The van der Waals surface area contributed by atoms with Gasteiger partial charge in [0.1, 0.15) is 0 Å². The molecule has 1 aromatic carbocycles. The van der Waals surface area contributed by atoms with Crippen LogP contribution in [0.2, 0.25) is 0 Å². The van der Waals surface area contributed by atoms with E-state index in [1.54, 1.807) is 0 Å². The van der Waals surface area contributed by atoms with Crippen molar-refractivity contribution in [2.24, 2.45) is 5.92 Å². The summed E-state index contributed by atoms with van der Waals surface area (Å²) >= 11 is 3.46. The highest BCUT2D eigenvalue weighted by atomic mass is 79.9. The number of nitrogens with one attached hydrogen (secondary N) is 2. The van der Waals surface area contributed by atoms with Crippen molar-refractivity contribution in [2.45, 2.75) is 13.0 Å². The molecule has 98 valence electrons. The molecule has 1 heterocycles. The molecule has 1 fully saturated rings. The first-order chi connectivity index (χ1) is 8.61. The quantitative estimate of drug-likeness (QED) is 0.896. The molecule has 0 bridgehead atoms. The molecule has 1 aliphatic rings. The molecule has 2 atom stereocenters. The molecular weight excluding hydrogens is 296 g/mol. The molecule has 0 saturated carbocycles. The molecule has 0 aliphatic carbocycles. The molecule has 1 aromatic rings. The van der Waals surface area contributed by atoms with Crippen LogP contribution in [0.3, 0.4) is 0 Å². The summed E-state index contributed by atoms with van der Waals surface area (Å²) in [6, 6.07) is 5.89. The van der Waals surface area contributed by atoms with Crippen molar-refractivity contribution in [1.82, 2.24) is 5.32 Å². The zero-order valence-electron chi connectivity index (χ0n) is 10.5. The first kappa shape index (κ1) is 13.5. The van der Waals surface area contributed by atoms with E-state index in [1.165, 1.54) is 0 Å². The zero-order valence-corrected chi connectivity index (χ0v) is 12.1. The maximum atomic E-state index is 12.1. The number of carbonyl (C=O) groups excluding carboxylic acids is 1. The summed E-state index contributed by atoms with van der Waals surface area (Å²) in [6.45, 7) is 3.08. The predicted octanol–water partition coefficient (Wildman–Crippen LogP) is 1.93. The minimum absolute atomic E-state index is 0.00241. The second kappa shape index (κ2) is 5.82. The van der Waals surface area contributed by atoms with Gasteiger partial charge in [0.25, 0.3) is 0 Å². The number of hydrogen-bond acceptors (Lipinski definition) is 3. The molecule has 1 amide bonds. The van der Waals surface area contributed by atoms with Gasteiger partial charge in [0, 0.05) is 16.2 Å². The Bertz CT molecular complexity index is 451. The Hall–Kier alpha value is -0.910. The maximum Gasteiger partial charge on any atom is 0.231 e. The van der Waals surface area contributed by atoms with Crippen molar-refractivity contribution in [3.63, 3.8) is 0 Å². The van der Waals surface area contributed by atoms with Crippen molar-refractivity contribution in [1.29, 1.82) is 0 Å². The standard InChI is InChI=1S/C13H17BrN2O2/c1-8-3-4-9(5-11(8)14)16-13(17)10-6-18-7-12(10)15-2/h3-5,10,12,15H,6-7H2,1-2H3,(H,16,17). The van der Waals surface area contributed by atoms with E-state index >= 15 is 0 Å². The van der Waals surface area contributed by atoms with Crippen LogP contribution in [-0.4, -0.2) is 32.2 Å². The lowest BCUT2D eigenvalue weighted by Crippen LogP contribution is -2.39. The Kier molecular flexibility index (Phi) is 4.37. The third-order valence-electron chi connectivity index (χ3n) is 3.23. The van der Waals surface area contributed by atoms with Crippen molar-refractivity contribution in [2.75, 3.05) is 25.6 Å². The van der Waals surface area contributed by atoms with Crippen LogP contribution >= 0.6 is 15.9 Å². The van der Waals surface area contributed by atoms with Crippen LogP contribution in [0.25, 0.3) is 0 Å². The molecule has 2 rings (SSSR count). The van der Waals surface area contributed by atoms with E-state index in [9.17, 15) is 4.79 Å². The van der Waals surface area contributed by atoms with E-state index in [0.717, 1.165) is 15.7 Å². The van der Waals surface area contributed by atoms with Crippen LogP contribution < -0.4 is 10.6 Å². The van der Waals surface area contributed by atoms with Gasteiger partial charge in [-0.25, -0.2) is 0 Å². The minimum Gasteiger partial charge on any atom is -0.379 e. The molecule has 5 heteroatoms. The van der Waals surface area contributed by atoms with Gasteiger partial charge in [-0.3, -0.25) is 4.79 Å². The Morgan fingerprint density at radius 3 is 2.89 bits per heavy atom. The number of aryl methyl sites for hydroxylation is 1. The van der Waals surface area contributed by atoms with Gasteiger partial charge in [-0.1, -0.05) is 22.0 Å². The fraction of sp³-hybridized carbons (Fsp3) is 0.462. The van der Waals surface area contributed by atoms with Gasteiger partial charge in [0.2, 0.25) is 5.91 Å². The molecule has 0 aromatic heterocycles. The van der Waals surface area contributed by atoms with Gasteiger partial charge in [0.15, 0.2) is 0 Å². The zero-order chi connectivity index (χ0) is 13.1. The van der Waals surface area contributed by atoms with E-state index in [0.29, 0.717) is 13.2 Å². The van der Waals surface area contributed by atoms with Crippen LogP contribution in [0, 0.1) is 12.8 Å². The number of halogens is 1. The molecule has 1 saturated heterocycles. The maximum absolute atomic E-state index is 12.1. The second-order valence-electron chi connectivity index (χ2n) is 4.49. The number of likely N-dealkylation sites (N-methyl/N-ethyl adjacent to an activating group) is 1. The summed E-state index contributed by atoms with van der Waals surface area (Å²) in [5, 5.41) is 6.03. The topological polar surface area (TPSA) is 50.4 Å². The lowest BCUT2D eigenvalue weighted by molar-refractivity contribution is -0.120. The number of anilines is 1. The Balaban J connectivity index is 2.04. The van der Waals surface area contributed by atoms with Crippen molar-refractivity contribution in [3.05, 3.63) is 28.2 Å². The largest absolute Gasteiger partial charge is 0.379 e. The number of ether oxygens (including phenoxy) is 1. The molecular formula is C13H17BrN2O2. The molecule has 18 heavy (non-hydrogen) atoms. The van der Waals surface area contributed by atoms with E-state index in [2.05, 4.69) is 26.6 Å². The van der Waals surface area contributed by atoms with Crippen LogP contribution in [0.15, 0.2) is 22.7 Å². The molecule has 2 N–H and O–H groups in total. The summed E-state index contributed by atoms with van der Waals surface area (Å²) in [5.41, 5.74) is 1.95. The van der Waals surface area contributed by atoms with E-state index in [4.69, 9.17) is 4.74 Å². The van der Waals surface area contributed by atoms with Crippen molar-refractivity contribution in [3.8, 4) is 0 Å². The van der Waals surface area contributed by atoms with Gasteiger partial charge in [-0.15, -0.1) is 0 Å². The number of amides is 1. The van der Waals surface area contributed by atoms with Crippen molar-refractivity contribution >= 4 is 27.5 Å². The van der Waals surface area contributed by atoms with Crippen LogP contribution in [0.5, 0.6) is 0 Å². The minimum atomic E-state index is -0.130. The van der Waals surface area contributed by atoms with Gasteiger partial charge in [0.05, 0.1) is 19.1 Å². The van der Waals surface area contributed by atoms with Crippen LogP contribution in [0.4, 0.5) is 5.69 Å². The van der Waals surface area contributed by atoms with E-state index in [1.807, 2.05) is 32.2 Å². The summed E-state index contributed by atoms with van der Waals surface area (Å²) in [5.74, 6) is -0.127. The molecule has 0 radical (unpaired) electrons. The average molecular weight is 313 g/mol. The summed E-state index contributed by atoms with van der Waals surface area (Å²) in [7, 11) is 1.85. The van der Waals surface area contributed by atoms with E-state index < -0.39 is 0 Å². The first-order valence-electron chi connectivity index (χ1n) is 5.94. The normalized spacial score (nSPS) is 23.1. The number of carbonyl (C=O) groups is 1. The smallest absolute Gasteiger partial charge is 0.231 e. The Morgan fingerprint density at radius 2 is 2.22 bits per heavy atom. The Labute approximate surface area is 115 Å². The van der Waals surface area contributed by atoms with Crippen LogP contribution in [-0.2, 0) is 9.53 Å². The van der Waals surface area contributed by atoms with Gasteiger partial charge in [-0.2, -0.15) is 0 Å². The lowest BCUT2D eigenvalue weighted by Gasteiger charge is -2.16. The third-order valence-corrected chi connectivity index (χ3v) is 4.08. The fourth-order valence-electron chi connectivity index (χ4n) is 2.00. The number of hydrogen-bond donors (Lipinski definition) is 2. The van der Waals surface area contributed by atoms with E-state index in [-0.39, 0.29) is 17.9 Å².